The topological polar surface area (TPSA) is 32.3 Å². The second kappa shape index (κ2) is 7.61. The van der Waals surface area contributed by atoms with Crippen molar-refractivity contribution in [1.29, 1.82) is 0 Å². The zero-order chi connectivity index (χ0) is 14.4. The summed E-state index contributed by atoms with van der Waals surface area (Å²) in [5, 5.41) is 4.02. The Hall–Kier alpha value is -0.930. The minimum Gasteiger partial charge on any atom is -0.335 e. The highest BCUT2D eigenvalue weighted by atomic mass is 35.5. The van der Waals surface area contributed by atoms with Crippen molar-refractivity contribution in [3.63, 3.8) is 0 Å². The lowest BCUT2D eigenvalue weighted by Gasteiger charge is -2.22. The summed E-state index contributed by atoms with van der Waals surface area (Å²) in [5.41, 5.74) is 0.955. The first-order chi connectivity index (χ1) is 8.97. The molecule has 1 N–H and O–H groups in total. The van der Waals surface area contributed by atoms with Gasteiger partial charge >= 0.3 is 6.03 Å². The summed E-state index contributed by atoms with van der Waals surface area (Å²) in [5.74, 6) is 0. The van der Waals surface area contributed by atoms with Crippen LogP contribution < -0.4 is 5.32 Å². The van der Waals surface area contributed by atoms with Crippen molar-refractivity contribution in [3.8, 4) is 0 Å². The lowest BCUT2D eigenvalue weighted by atomic mass is 10.2. The van der Waals surface area contributed by atoms with Gasteiger partial charge in [0.1, 0.15) is 0 Å². The van der Waals surface area contributed by atoms with Gasteiger partial charge < -0.3 is 10.2 Å². The molecule has 0 saturated heterocycles. The van der Waals surface area contributed by atoms with E-state index in [1.54, 1.807) is 24.1 Å². The van der Waals surface area contributed by atoms with E-state index in [0.29, 0.717) is 16.6 Å². The highest BCUT2D eigenvalue weighted by Crippen LogP contribution is 2.23. The maximum absolute atomic E-state index is 12.0. The molecule has 0 aromatic heterocycles. The fourth-order valence-electron chi connectivity index (χ4n) is 1.76. The number of benzene rings is 1. The zero-order valence-electron chi connectivity index (χ0n) is 11.5. The van der Waals surface area contributed by atoms with Crippen molar-refractivity contribution in [3.05, 3.63) is 33.8 Å². The molecule has 0 radical (unpaired) electrons. The van der Waals surface area contributed by atoms with E-state index in [1.807, 2.05) is 6.07 Å². The first-order valence-corrected chi connectivity index (χ1v) is 7.19. The molecule has 0 saturated carbocycles. The third kappa shape index (κ3) is 4.92. The van der Waals surface area contributed by atoms with Gasteiger partial charge in [-0.15, -0.1) is 0 Å². The standard InChI is InChI=1S/C14H20Cl2N2O/c1-4-11(5-2)17-14(19)18(3)9-10-6-7-12(15)13(16)8-10/h6-8,11H,4-5,9H2,1-3H3,(H,17,19). The molecule has 3 nitrogen and oxygen atoms in total. The largest absolute Gasteiger partial charge is 0.335 e. The van der Waals surface area contributed by atoms with E-state index in [1.165, 1.54) is 0 Å². The Morgan fingerprint density at radius 3 is 2.42 bits per heavy atom. The Morgan fingerprint density at radius 1 is 1.26 bits per heavy atom. The normalized spacial score (nSPS) is 10.6. The predicted molar refractivity (Wildman–Crippen MR) is 80.8 cm³/mol. The highest BCUT2D eigenvalue weighted by molar-refractivity contribution is 6.42. The first-order valence-electron chi connectivity index (χ1n) is 6.43. The van der Waals surface area contributed by atoms with Crippen LogP contribution in [0.4, 0.5) is 4.79 Å². The van der Waals surface area contributed by atoms with Crippen molar-refractivity contribution in [1.82, 2.24) is 10.2 Å². The molecule has 0 spiro atoms. The van der Waals surface area contributed by atoms with Crippen LogP contribution in [0.5, 0.6) is 0 Å². The number of carbonyl (C=O) groups is 1. The van der Waals surface area contributed by atoms with Crippen molar-refractivity contribution in [2.75, 3.05) is 7.05 Å². The maximum atomic E-state index is 12.0. The van der Waals surface area contributed by atoms with Crippen LogP contribution in [-0.4, -0.2) is 24.0 Å². The molecule has 0 atom stereocenters. The number of halogens is 2. The molecule has 0 heterocycles. The molecule has 19 heavy (non-hydrogen) atoms. The monoisotopic (exact) mass is 302 g/mol. The summed E-state index contributed by atoms with van der Waals surface area (Å²) in [4.78, 5) is 13.6. The van der Waals surface area contributed by atoms with Crippen LogP contribution in [0.2, 0.25) is 10.0 Å². The van der Waals surface area contributed by atoms with Crippen LogP contribution in [0.25, 0.3) is 0 Å². The quantitative estimate of drug-likeness (QED) is 0.863. The van der Waals surface area contributed by atoms with Crippen LogP contribution in [0.1, 0.15) is 32.3 Å². The number of rotatable bonds is 5. The van der Waals surface area contributed by atoms with Crippen LogP contribution in [0, 0.1) is 0 Å². The predicted octanol–water partition coefficient (Wildman–Crippen LogP) is 4.32. The van der Waals surface area contributed by atoms with Gasteiger partial charge in [0.15, 0.2) is 0 Å². The molecular weight excluding hydrogens is 283 g/mol. The summed E-state index contributed by atoms with van der Waals surface area (Å²) < 4.78 is 0. The fraction of sp³-hybridized carbons (Fsp3) is 0.500. The van der Waals surface area contributed by atoms with Crippen LogP contribution in [0.3, 0.4) is 0 Å². The first kappa shape index (κ1) is 16.1. The summed E-state index contributed by atoms with van der Waals surface area (Å²) in [7, 11) is 1.76. The SMILES string of the molecule is CCC(CC)NC(=O)N(C)Cc1ccc(Cl)c(Cl)c1. The second-order valence-electron chi connectivity index (χ2n) is 4.57. The third-order valence-corrected chi connectivity index (χ3v) is 3.80. The van der Waals surface area contributed by atoms with Crippen LogP contribution in [0.15, 0.2) is 18.2 Å². The zero-order valence-corrected chi connectivity index (χ0v) is 13.1. The van der Waals surface area contributed by atoms with E-state index in [4.69, 9.17) is 23.2 Å². The fourth-order valence-corrected chi connectivity index (χ4v) is 2.08. The van der Waals surface area contributed by atoms with Crippen molar-refractivity contribution in [2.24, 2.45) is 0 Å². The van der Waals surface area contributed by atoms with Gasteiger partial charge in [0, 0.05) is 19.6 Å². The molecule has 106 valence electrons. The van der Waals surface area contributed by atoms with Gasteiger partial charge in [-0.25, -0.2) is 4.79 Å². The van der Waals surface area contributed by atoms with Gasteiger partial charge in [0.25, 0.3) is 0 Å². The molecule has 0 unspecified atom stereocenters. The van der Waals surface area contributed by atoms with Gasteiger partial charge in [-0.1, -0.05) is 43.1 Å². The molecule has 0 fully saturated rings. The summed E-state index contributed by atoms with van der Waals surface area (Å²) in [6.45, 7) is 4.63. The van der Waals surface area contributed by atoms with Crippen molar-refractivity contribution >= 4 is 29.2 Å². The lowest BCUT2D eigenvalue weighted by Crippen LogP contribution is -2.42. The van der Waals surface area contributed by atoms with E-state index in [9.17, 15) is 4.79 Å². The third-order valence-electron chi connectivity index (χ3n) is 3.06. The number of nitrogens with one attached hydrogen (secondary N) is 1. The number of hydrogen-bond donors (Lipinski definition) is 1. The van der Waals surface area contributed by atoms with Gasteiger partial charge in [0.2, 0.25) is 0 Å². The molecule has 1 rings (SSSR count). The number of hydrogen-bond acceptors (Lipinski definition) is 1. The van der Waals surface area contributed by atoms with Gasteiger partial charge in [-0.2, -0.15) is 0 Å². The molecule has 0 aliphatic heterocycles. The summed E-state index contributed by atoms with van der Waals surface area (Å²) in [6, 6.07) is 5.55. The Kier molecular flexibility index (Phi) is 6.46. The Morgan fingerprint density at radius 2 is 1.89 bits per heavy atom. The number of amides is 2. The van der Waals surface area contributed by atoms with Crippen LogP contribution in [-0.2, 0) is 6.54 Å². The van der Waals surface area contributed by atoms with Gasteiger partial charge in [-0.3, -0.25) is 0 Å². The number of nitrogens with zero attached hydrogens (tertiary/aromatic N) is 1. The van der Waals surface area contributed by atoms with E-state index in [0.717, 1.165) is 18.4 Å². The molecule has 0 aliphatic rings. The Labute approximate surface area is 124 Å². The van der Waals surface area contributed by atoms with Gasteiger partial charge in [-0.05, 0) is 30.5 Å². The maximum Gasteiger partial charge on any atom is 0.317 e. The van der Waals surface area contributed by atoms with Crippen LogP contribution >= 0.6 is 23.2 Å². The summed E-state index contributed by atoms with van der Waals surface area (Å²) >= 11 is 11.8. The Bertz CT molecular complexity index is 433. The second-order valence-corrected chi connectivity index (χ2v) is 5.38. The van der Waals surface area contributed by atoms with E-state index in [2.05, 4.69) is 19.2 Å². The number of urea groups is 1. The minimum atomic E-state index is -0.0697. The van der Waals surface area contributed by atoms with E-state index < -0.39 is 0 Å². The molecule has 0 bridgehead atoms. The smallest absolute Gasteiger partial charge is 0.317 e. The average Bonchev–Trinajstić information content (AvgIpc) is 2.39. The van der Waals surface area contributed by atoms with Gasteiger partial charge in [0.05, 0.1) is 10.0 Å². The molecule has 5 heteroatoms. The highest BCUT2D eigenvalue weighted by Gasteiger charge is 2.13. The Balaban J connectivity index is 2.60. The molecule has 1 aromatic rings. The van der Waals surface area contributed by atoms with Crippen molar-refractivity contribution in [2.45, 2.75) is 39.3 Å². The summed E-state index contributed by atoms with van der Waals surface area (Å²) in [6.07, 6.45) is 1.87. The molecule has 2 amide bonds. The van der Waals surface area contributed by atoms with E-state index >= 15 is 0 Å². The lowest BCUT2D eigenvalue weighted by molar-refractivity contribution is 0.202. The number of carbonyl (C=O) groups excluding carboxylic acids is 1. The molecular formula is C14H20Cl2N2O. The van der Waals surface area contributed by atoms with E-state index in [-0.39, 0.29) is 12.1 Å². The molecule has 1 aromatic carbocycles. The average molecular weight is 303 g/mol. The van der Waals surface area contributed by atoms with Crippen molar-refractivity contribution < 1.29 is 4.79 Å². The molecule has 0 aliphatic carbocycles. The minimum absolute atomic E-state index is 0.0697.